The third kappa shape index (κ3) is 2.83. The maximum atomic E-state index is 9.53. The lowest BCUT2D eigenvalue weighted by Gasteiger charge is -2.08. The van der Waals surface area contributed by atoms with Gasteiger partial charge in [-0.1, -0.05) is 31.2 Å². The summed E-state index contributed by atoms with van der Waals surface area (Å²) < 4.78 is 0. The molecule has 2 nitrogen and oxygen atoms in total. The zero-order chi connectivity index (χ0) is 9.68. The molecule has 0 fully saturated rings. The fraction of sp³-hybridized carbons (Fsp3) is 0.455. The molecule has 0 radical (unpaired) electrons. The maximum absolute atomic E-state index is 9.53. The first-order valence-corrected chi connectivity index (χ1v) is 4.75. The van der Waals surface area contributed by atoms with Gasteiger partial charge < -0.3 is 10.8 Å². The summed E-state index contributed by atoms with van der Waals surface area (Å²) in [7, 11) is 0. The fourth-order valence-corrected chi connectivity index (χ4v) is 1.31. The highest BCUT2D eigenvalue weighted by atomic mass is 16.3. The molecule has 0 aliphatic heterocycles. The van der Waals surface area contributed by atoms with Crippen LogP contribution in [0.15, 0.2) is 24.3 Å². The molecule has 1 rings (SSSR count). The quantitative estimate of drug-likeness (QED) is 0.738. The second-order valence-corrected chi connectivity index (χ2v) is 3.20. The van der Waals surface area contributed by atoms with Gasteiger partial charge in [0.05, 0.1) is 6.10 Å². The zero-order valence-electron chi connectivity index (χ0n) is 8.03. The van der Waals surface area contributed by atoms with E-state index in [0.717, 1.165) is 18.4 Å². The first-order valence-electron chi connectivity index (χ1n) is 4.75. The highest BCUT2D eigenvalue weighted by Gasteiger charge is 2.03. The molecule has 13 heavy (non-hydrogen) atoms. The Morgan fingerprint density at radius 3 is 2.38 bits per heavy atom. The fourth-order valence-electron chi connectivity index (χ4n) is 1.31. The van der Waals surface area contributed by atoms with Crippen LogP contribution in [0.2, 0.25) is 0 Å². The van der Waals surface area contributed by atoms with Crippen LogP contribution in [0.3, 0.4) is 0 Å². The van der Waals surface area contributed by atoms with E-state index in [-0.39, 0.29) is 6.10 Å². The molecule has 0 bridgehead atoms. The largest absolute Gasteiger partial charge is 0.388 e. The zero-order valence-corrected chi connectivity index (χ0v) is 8.03. The van der Waals surface area contributed by atoms with Gasteiger partial charge in [0.25, 0.3) is 0 Å². The van der Waals surface area contributed by atoms with E-state index < -0.39 is 0 Å². The van der Waals surface area contributed by atoms with E-state index in [1.807, 2.05) is 31.2 Å². The van der Waals surface area contributed by atoms with Crippen molar-refractivity contribution in [2.75, 3.05) is 6.54 Å². The highest BCUT2D eigenvalue weighted by Crippen LogP contribution is 2.16. The van der Waals surface area contributed by atoms with Crippen molar-refractivity contribution < 1.29 is 5.11 Å². The van der Waals surface area contributed by atoms with Crippen LogP contribution in [0.1, 0.15) is 30.6 Å². The Labute approximate surface area is 79.4 Å². The Morgan fingerprint density at radius 2 is 1.92 bits per heavy atom. The molecular weight excluding hydrogens is 162 g/mol. The van der Waals surface area contributed by atoms with Crippen molar-refractivity contribution in [3.8, 4) is 0 Å². The Bertz CT molecular complexity index is 243. The van der Waals surface area contributed by atoms with Crippen LogP contribution >= 0.6 is 0 Å². The topological polar surface area (TPSA) is 46.2 Å². The van der Waals surface area contributed by atoms with Crippen molar-refractivity contribution in [3.63, 3.8) is 0 Å². The lowest BCUT2D eigenvalue weighted by molar-refractivity contribution is 0.173. The van der Waals surface area contributed by atoms with Crippen LogP contribution < -0.4 is 5.73 Å². The lowest BCUT2D eigenvalue weighted by atomic mass is 10.0. The number of rotatable bonds is 4. The normalized spacial score (nSPS) is 12.8. The van der Waals surface area contributed by atoms with Gasteiger partial charge in [-0.3, -0.25) is 0 Å². The predicted molar refractivity (Wildman–Crippen MR) is 54.5 cm³/mol. The molecule has 1 atom stereocenters. The van der Waals surface area contributed by atoms with Gasteiger partial charge in [-0.05, 0) is 30.5 Å². The highest BCUT2D eigenvalue weighted by molar-refractivity contribution is 5.24. The monoisotopic (exact) mass is 179 g/mol. The van der Waals surface area contributed by atoms with Gasteiger partial charge in [0.1, 0.15) is 0 Å². The van der Waals surface area contributed by atoms with Crippen LogP contribution in [-0.4, -0.2) is 11.7 Å². The molecule has 3 N–H and O–H groups in total. The molecule has 1 unspecified atom stereocenters. The minimum atomic E-state index is -0.327. The molecule has 0 aromatic heterocycles. The minimum Gasteiger partial charge on any atom is -0.388 e. The van der Waals surface area contributed by atoms with Crippen LogP contribution in [-0.2, 0) is 6.42 Å². The predicted octanol–water partition coefficient (Wildman–Crippen LogP) is 1.63. The van der Waals surface area contributed by atoms with Gasteiger partial charge in [-0.25, -0.2) is 0 Å². The summed E-state index contributed by atoms with van der Waals surface area (Å²) in [5.41, 5.74) is 7.66. The van der Waals surface area contributed by atoms with Crippen LogP contribution in [0.5, 0.6) is 0 Å². The molecular formula is C11H17NO. The maximum Gasteiger partial charge on any atom is 0.0787 e. The van der Waals surface area contributed by atoms with E-state index in [9.17, 15) is 5.11 Å². The number of hydrogen-bond acceptors (Lipinski definition) is 2. The molecule has 0 amide bonds. The average Bonchev–Trinajstić information content (AvgIpc) is 2.18. The number of benzene rings is 1. The van der Waals surface area contributed by atoms with Crippen LogP contribution in [0.4, 0.5) is 0 Å². The summed E-state index contributed by atoms with van der Waals surface area (Å²) in [5.74, 6) is 0. The third-order valence-corrected chi connectivity index (χ3v) is 2.18. The third-order valence-electron chi connectivity index (χ3n) is 2.18. The number of hydrogen-bond donors (Lipinski definition) is 2. The van der Waals surface area contributed by atoms with Crippen molar-refractivity contribution in [1.82, 2.24) is 0 Å². The van der Waals surface area contributed by atoms with E-state index in [2.05, 4.69) is 0 Å². The lowest BCUT2D eigenvalue weighted by Crippen LogP contribution is -2.03. The van der Waals surface area contributed by atoms with E-state index >= 15 is 0 Å². The van der Waals surface area contributed by atoms with E-state index in [1.165, 1.54) is 5.56 Å². The molecule has 0 spiro atoms. The average molecular weight is 179 g/mol. The smallest absolute Gasteiger partial charge is 0.0787 e. The van der Waals surface area contributed by atoms with Gasteiger partial charge in [0.15, 0.2) is 0 Å². The first kappa shape index (κ1) is 10.2. The molecule has 0 aliphatic rings. The molecule has 0 heterocycles. The summed E-state index contributed by atoms with van der Waals surface area (Å²) in [4.78, 5) is 0. The molecule has 0 aliphatic carbocycles. The number of nitrogens with two attached hydrogens (primary N) is 1. The SMILES string of the molecule is CCC(O)c1ccc(CCN)cc1. The van der Waals surface area contributed by atoms with Gasteiger partial charge in [0.2, 0.25) is 0 Å². The summed E-state index contributed by atoms with van der Waals surface area (Å²) in [6, 6.07) is 8.00. The molecule has 0 saturated carbocycles. The van der Waals surface area contributed by atoms with Gasteiger partial charge in [-0.15, -0.1) is 0 Å². The Balaban J connectivity index is 2.69. The van der Waals surface area contributed by atoms with Gasteiger partial charge in [-0.2, -0.15) is 0 Å². The molecule has 1 aromatic carbocycles. The van der Waals surface area contributed by atoms with E-state index in [0.29, 0.717) is 6.54 Å². The van der Waals surface area contributed by atoms with Crippen molar-refractivity contribution >= 4 is 0 Å². The van der Waals surface area contributed by atoms with E-state index in [4.69, 9.17) is 5.73 Å². The van der Waals surface area contributed by atoms with Crippen molar-refractivity contribution in [2.45, 2.75) is 25.9 Å². The minimum absolute atomic E-state index is 0.327. The number of aliphatic hydroxyl groups is 1. The Hall–Kier alpha value is -0.860. The Kier molecular flexibility index (Phi) is 3.93. The second kappa shape index (κ2) is 5.00. The molecule has 2 heteroatoms. The van der Waals surface area contributed by atoms with Gasteiger partial charge >= 0.3 is 0 Å². The van der Waals surface area contributed by atoms with Crippen molar-refractivity contribution in [3.05, 3.63) is 35.4 Å². The second-order valence-electron chi connectivity index (χ2n) is 3.20. The summed E-state index contributed by atoms with van der Waals surface area (Å²) in [5, 5.41) is 9.53. The van der Waals surface area contributed by atoms with Crippen molar-refractivity contribution in [2.24, 2.45) is 5.73 Å². The van der Waals surface area contributed by atoms with Gasteiger partial charge in [0, 0.05) is 0 Å². The summed E-state index contributed by atoms with van der Waals surface area (Å²) in [6.45, 7) is 2.65. The van der Waals surface area contributed by atoms with Crippen LogP contribution in [0.25, 0.3) is 0 Å². The van der Waals surface area contributed by atoms with Crippen molar-refractivity contribution in [1.29, 1.82) is 0 Å². The Morgan fingerprint density at radius 1 is 1.31 bits per heavy atom. The van der Waals surface area contributed by atoms with E-state index in [1.54, 1.807) is 0 Å². The summed E-state index contributed by atoms with van der Waals surface area (Å²) >= 11 is 0. The number of aliphatic hydroxyl groups excluding tert-OH is 1. The molecule has 1 aromatic rings. The molecule has 0 saturated heterocycles. The van der Waals surface area contributed by atoms with Crippen LogP contribution in [0, 0.1) is 0 Å². The first-order chi connectivity index (χ1) is 6.27. The summed E-state index contributed by atoms with van der Waals surface area (Å²) in [6.07, 6.45) is 1.34. The standard InChI is InChI=1S/C11H17NO/c1-2-11(13)10-5-3-9(4-6-10)7-8-12/h3-6,11,13H,2,7-8,12H2,1H3. The molecule has 72 valence electrons.